The quantitative estimate of drug-likeness (QED) is 0.794. The second-order valence-corrected chi connectivity index (χ2v) is 6.26. The highest BCUT2D eigenvalue weighted by Gasteiger charge is 2.16. The van der Waals surface area contributed by atoms with Gasteiger partial charge in [-0.1, -0.05) is 23.8 Å². The summed E-state index contributed by atoms with van der Waals surface area (Å²) in [6, 6.07) is 12.8. The Kier molecular flexibility index (Phi) is 5.74. The number of aryl methyl sites for hydroxylation is 1. The zero-order valence-corrected chi connectivity index (χ0v) is 14.2. The number of halogens is 1. The molecule has 2 rings (SSSR count). The minimum atomic E-state index is -0.330. The summed E-state index contributed by atoms with van der Waals surface area (Å²) in [4.78, 5) is 0. The normalized spacial score (nSPS) is 11.5. The standard InChI is InChI=1S/C19H24FNO2/c1-14-5-8-16(9-6-14)21-18-11-15(7-10-17(18)20)12-23-13-19(2,3)22-4/h5-11,21H,12-13H2,1-4H3. The summed E-state index contributed by atoms with van der Waals surface area (Å²) in [6.45, 7) is 6.82. The zero-order chi connectivity index (χ0) is 16.9. The first-order valence-corrected chi connectivity index (χ1v) is 7.65. The Hall–Kier alpha value is -1.91. The number of hydrogen-bond acceptors (Lipinski definition) is 3. The lowest BCUT2D eigenvalue weighted by Gasteiger charge is -2.22. The molecule has 23 heavy (non-hydrogen) atoms. The van der Waals surface area contributed by atoms with Gasteiger partial charge in [-0.25, -0.2) is 4.39 Å². The summed E-state index contributed by atoms with van der Waals surface area (Å²) in [7, 11) is 1.66. The van der Waals surface area contributed by atoms with E-state index >= 15 is 0 Å². The van der Waals surface area contributed by atoms with Gasteiger partial charge in [0.2, 0.25) is 0 Å². The molecule has 0 unspecified atom stereocenters. The van der Waals surface area contributed by atoms with Gasteiger partial charge in [0, 0.05) is 12.8 Å². The van der Waals surface area contributed by atoms with Gasteiger partial charge in [-0.15, -0.1) is 0 Å². The average Bonchev–Trinajstić information content (AvgIpc) is 2.52. The molecule has 4 heteroatoms. The Morgan fingerprint density at radius 3 is 2.43 bits per heavy atom. The van der Waals surface area contributed by atoms with Crippen molar-refractivity contribution in [3.05, 3.63) is 59.4 Å². The predicted molar refractivity (Wildman–Crippen MR) is 91.6 cm³/mol. The van der Waals surface area contributed by atoms with Crippen LogP contribution in [0.3, 0.4) is 0 Å². The summed E-state index contributed by atoms with van der Waals surface area (Å²) in [5.74, 6) is -0.286. The average molecular weight is 317 g/mol. The Bertz CT molecular complexity index is 638. The maximum absolute atomic E-state index is 14.0. The van der Waals surface area contributed by atoms with Crippen molar-refractivity contribution in [1.82, 2.24) is 0 Å². The fourth-order valence-electron chi connectivity index (χ4n) is 2.02. The van der Waals surface area contributed by atoms with Crippen LogP contribution in [-0.4, -0.2) is 19.3 Å². The van der Waals surface area contributed by atoms with Gasteiger partial charge >= 0.3 is 0 Å². The molecule has 0 saturated carbocycles. The highest BCUT2D eigenvalue weighted by molar-refractivity contribution is 5.61. The molecule has 0 aromatic heterocycles. The fraction of sp³-hybridized carbons (Fsp3) is 0.368. The van der Waals surface area contributed by atoms with Crippen LogP contribution in [0.4, 0.5) is 15.8 Å². The third-order valence-corrected chi connectivity index (χ3v) is 3.63. The molecule has 0 heterocycles. The lowest BCUT2D eigenvalue weighted by Crippen LogP contribution is -2.29. The van der Waals surface area contributed by atoms with Crippen LogP contribution in [0.5, 0.6) is 0 Å². The third kappa shape index (κ3) is 5.34. The number of benzene rings is 2. The molecule has 0 aliphatic rings. The number of methoxy groups -OCH3 is 1. The summed E-state index contributed by atoms with van der Waals surface area (Å²) >= 11 is 0. The summed E-state index contributed by atoms with van der Waals surface area (Å²) < 4.78 is 24.9. The molecular formula is C19H24FNO2. The first-order chi connectivity index (χ1) is 10.9. The lowest BCUT2D eigenvalue weighted by atomic mass is 10.1. The molecule has 0 spiro atoms. The second kappa shape index (κ2) is 7.57. The van der Waals surface area contributed by atoms with Gasteiger partial charge in [-0.05, 0) is 50.6 Å². The van der Waals surface area contributed by atoms with Crippen LogP contribution in [0.1, 0.15) is 25.0 Å². The van der Waals surface area contributed by atoms with E-state index in [0.29, 0.717) is 18.9 Å². The van der Waals surface area contributed by atoms with E-state index in [0.717, 1.165) is 11.3 Å². The summed E-state index contributed by atoms with van der Waals surface area (Å²) in [5.41, 5.74) is 3.05. The largest absolute Gasteiger partial charge is 0.376 e. The molecule has 0 radical (unpaired) electrons. The van der Waals surface area contributed by atoms with Crippen molar-refractivity contribution in [1.29, 1.82) is 0 Å². The van der Waals surface area contributed by atoms with Gasteiger partial charge in [0.1, 0.15) is 5.82 Å². The molecule has 0 fully saturated rings. The summed E-state index contributed by atoms with van der Waals surface area (Å²) in [6.07, 6.45) is 0. The Morgan fingerprint density at radius 1 is 1.09 bits per heavy atom. The van der Waals surface area contributed by atoms with Crippen LogP contribution < -0.4 is 5.32 Å². The van der Waals surface area contributed by atoms with Crippen LogP contribution in [0.15, 0.2) is 42.5 Å². The van der Waals surface area contributed by atoms with Gasteiger partial charge in [0.25, 0.3) is 0 Å². The van der Waals surface area contributed by atoms with Crippen LogP contribution in [0.2, 0.25) is 0 Å². The topological polar surface area (TPSA) is 30.5 Å². The number of hydrogen-bond donors (Lipinski definition) is 1. The fourth-order valence-corrected chi connectivity index (χ4v) is 2.02. The molecule has 0 amide bonds. The van der Waals surface area contributed by atoms with Crippen molar-refractivity contribution in [2.75, 3.05) is 19.0 Å². The van der Waals surface area contributed by atoms with Crippen molar-refractivity contribution >= 4 is 11.4 Å². The monoisotopic (exact) mass is 317 g/mol. The minimum Gasteiger partial charge on any atom is -0.376 e. The molecule has 0 atom stereocenters. The molecule has 0 aliphatic carbocycles. The smallest absolute Gasteiger partial charge is 0.146 e. The first kappa shape index (κ1) is 17.4. The molecule has 2 aromatic rings. The maximum Gasteiger partial charge on any atom is 0.146 e. The second-order valence-electron chi connectivity index (χ2n) is 6.26. The van der Waals surface area contributed by atoms with E-state index in [9.17, 15) is 4.39 Å². The van der Waals surface area contributed by atoms with Gasteiger partial charge in [0.05, 0.1) is 24.5 Å². The number of nitrogens with one attached hydrogen (secondary N) is 1. The number of rotatable bonds is 7. The number of anilines is 2. The highest BCUT2D eigenvalue weighted by atomic mass is 19.1. The van der Waals surface area contributed by atoms with Crippen molar-refractivity contribution in [3.8, 4) is 0 Å². The lowest BCUT2D eigenvalue weighted by molar-refractivity contribution is -0.0554. The molecule has 0 saturated heterocycles. The van der Waals surface area contributed by atoms with Crippen LogP contribution >= 0.6 is 0 Å². The van der Waals surface area contributed by atoms with Gasteiger partial charge in [-0.3, -0.25) is 0 Å². The first-order valence-electron chi connectivity index (χ1n) is 7.65. The van der Waals surface area contributed by atoms with E-state index in [-0.39, 0.29) is 11.4 Å². The van der Waals surface area contributed by atoms with Gasteiger partial charge in [0.15, 0.2) is 0 Å². The predicted octanol–water partition coefficient (Wildman–Crippen LogP) is 4.82. The Balaban J connectivity index is 2.02. The van der Waals surface area contributed by atoms with Crippen molar-refractivity contribution in [2.45, 2.75) is 33.0 Å². The summed E-state index contributed by atoms with van der Waals surface area (Å²) in [5, 5.41) is 3.10. The molecule has 0 aliphatic heterocycles. The van der Waals surface area contributed by atoms with E-state index < -0.39 is 0 Å². The Morgan fingerprint density at radius 2 is 1.78 bits per heavy atom. The molecule has 1 N–H and O–H groups in total. The van der Waals surface area contributed by atoms with E-state index in [1.54, 1.807) is 19.2 Å². The van der Waals surface area contributed by atoms with Gasteiger partial charge in [-0.2, -0.15) is 0 Å². The molecule has 124 valence electrons. The van der Waals surface area contributed by atoms with E-state index in [4.69, 9.17) is 9.47 Å². The van der Waals surface area contributed by atoms with Crippen LogP contribution in [-0.2, 0) is 16.1 Å². The van der Waals surface area contributed by atoms with Crippen molar-refractivity contribution < 1.29 is 13.9 Å². The molecule has 2 aromatic carbocycles. The number of ether oxygens (including phenoxy) is 2. The van der Waals surface area contributed by atoms with Crippen LogP contribution in [0, 0.1) is 12.7 Å². The van der Waals surface area contributed by atoms with Crippen LogP contribution in [0.25, 0.3) is 0 Å². The molecule has 3 nitrogen and oxygen atoms in total. The van der Waals surface area contributed by atoms with E-state index in [2.05, 4.69) is 5.32 Å². The third-order valence-electron chi connectivity index (χ3n) is 3.63. The Labute approximate surface area is 137 Å². The maximum atomic E-state index is 14.0. The highest BCUT2D eigenvalue weighted by Crippen LogP contribution is 2.22. The zero-order valence-electron chi connectivity index (χ0n) is 14.2. The van der Waals surface area contributed by atoms with E-state index in [1.165, 1.54) is 11.6 Å². The van der Waals surface area contributed by atoms with Crippen molar-refractivity contribution in [2.24, 2.45) is 0 Å². The molecule has 0 bridgehead atoms. The van der Waals surface area contributed by atoms with E-state index in [1.807, 2.05) is 45.0 Å². The van der Waals surface area contributed by atoms with Gasteiger partial charge < -0.3 is 14.8 Å². The minimum absolute atomic E-state index is 0.286. The SMILES string of the molecule is COC(C)(C)COCc1ccc(F)c(Nc2ccc(C)cc2)c1. The van der Waals surface area contributed by atoms with Crippen molar-refractivity contribution in [3.63, 3.8) is 0 Å². The molecular weight excluding hydrogens is 293 g/mol.